The standard InChI is InChI=1S/C20H25N3O3S/c21-18-11-6-8-15(18)13-20(24)22-14-16-7-4-5-12-19(16)23-27(25,26)17-9-2-1-3-10-17/h1-5,7,9-10,12,15,18,23H,6,8,11,13-14,21H2,(H,22,24)/t15-,18+/m0/s1. The van der Waals surface area contributed by atoms with Gasteiger partial charge in [0.2, 0.25) is 5.91 Å². The van der Waals surface area contributed by atoms with Crippen molar-refractivity contribution in [3.8, 4) is 0 Å². The van der Waals surface area contributed by atoms with E-state index in [1.807, 2.05) is 6.07 Å². The quantitative estimate of drug-likeness (QED) is 0.680. The number of benzene rings is 2. The van der Waals surface area contributed by atoms with E-state index in [2.05, 4.69) is 10.0 Å². The monoisotopic (exact) mass is 387 g/mol. The van der Waals surface area contributed by atoms with E-state index in [0.717, 1.165) is 19.3 Å². The number of nitrogens with two attached hydrogens (primary N) is 1. The molecule has 0 unspecified atom stereocenters. The first-order valence-electron chi connectivity index (χ1n) is 9.14. The molecule has 144 valence electrons. The van der Waals surface area contributed by atoms with E-state index < -0.39 is 10.0 Å². The molecule has 0 saturated heterocycles. The molecule has 0 spiro atoms. The highest BCUT2D eigenvalue weighted by Crippen LogP contribution is 2.27. The highest BCUT2D eigenvalue weighted by molar-refractivity contribution is 7.92. The summed E-state index contributed by atoms with van der Waals surface area (Å²) < 4.78 is 27.7. The van der Waals surface area contributed by atoms with Crippen molar-refractivity contribution in [2.45, 2.75) is 43.2 Å². The fourth-order valence-electron chi connectivity index (χ4n) is 3.40. The zero-order chi connectivity index (χ0) is 19.3. The molecule has 0 aromatic heterocycles. The number of carbonyl (C=O) groups is 1. The van der Waals surface area contributed by atoms with Crippen LogP contribution in [0.1, 0.15) is 31.2 Å². The number of amides is 1. The van der Waals surface area contributed by atoms with E-state index in [0.29, 0.717) is 17.7 Å². The average molecular weight is 388 g/mol. The van der Waals surface area contributed by atoms with Gasteiger partial charge in [-0.05, 0) is 42.5 Å². The first-order valence-corrected chi connectivity index (χ1v) is 10.6. The smallest absolute Gasteiger partial charge is 0.261 e. The van der Waals surface area contributed by atoms with E-state index in [9.17, 15) is 13.2 Å². The molecule has 7 heteroatoms. The summed E-state index contributed by atoms with van der Waals surface area (Å²) in [4.78, 5) is 12.4. The molecule has 4 N–H and O–H groups in total. The van der Waals surface area contributed by atoms with Gasteiger partial charge >= 0.3 is 0 Å². The number of sulfonamides is 1. The molecule has 2 aromatic carbocycles. The minimum absolute atomic E-state index is 0.0573. The van der Waals surface area contributed by atoms with Gasteiger partial charge in [-0.1, -0.05) is 42.8 Å². The Kier molecular flexibility index (Phi) is 6.13. The van der Waals surface area contributed by atoms with Crippen molar-refractivity contribution < 1.29 is 13.2 Å². The van der Waals surface area contributed by atoms with Crippen molar-refractivity contribution in [3.05, 3.63) is 60.2 Å². The summed E-state index contributed by atoms with van der Waals surface area (Å²) in [5.74, 6) is 0.176. The number of para-hydroxylation sites is 1. The minimum Gasteiger partial charge on any atom is -0.352 e. The van der Waals surface area contributed by atoms with Gasteiger partial charge in [-0.25, -0.2) is 8.42 Å². The molecule has 1 amide bonds. The number of anilines is 1. The second-order valence-corrected chi connectivity index (χ2v) is 8.59. The number of nitrogens with one attached hydrogen (secondary N) is 2. The molecule has 1 aliphatic carbocycles. The molecule has 0 aliphatic heterocycles. The zero-order valence-corrected chi connectivity index (χ0v) is 15.9. The molecule has 0 bridgehead atoms. The maximum atomic E-state index is 12.5. The Bertz CT molecular complexity index is 884. The molecule has 2 aromatic rings. The third-order valence-electron chi connectivity index (χ3n) is 4.96. The van der Waals surface area contributed by atoms with Gasteiger partial charge in [0.05, 0.1) is 10.6 Å². The predicted molar refractivity (Wildman–Crippen MR) is 105 cm³/mol. The van der Waals surface area contributed by atoms with E-state index in [1.165, 1.54) is 12.1 Å². The van der Waals surface area contributed by atoms with Crippen LogP contribution in [0, 0.1) is 5.92 Å². The third-order valence-corrected chi connectivity index (χ3v) is 6.34. The molecular formula is C20H25N3O3S. The summed E-state index contributed by atoms with van der Waals surface area (Å²) in [6, 6.07) is 15.3. The summed E-state index contributed by atoms with van der Waals surface area (Å²) in [6.45, 7) is 0.258. The van der Waals surface area contributed by atoms with Crippen molar-refractivity contribution >= 4 is 21.6 Å². The van der Waals surface area contributed by atoms with E-state index in [-0.39, 0.29) is 29.3 Å². The van der Waals surface area contributed by atoms with Gasteiger partial charge in [0.25, 0.3) is 10.0 Å². The van der Waals surface area contributed by atoms with Crippen LogP contribution in [0.15, 0.2) is 59.5 Å². The number of hydrogen-bond donors (Lipinski definition) is 3. The van der Waals surface area contributed by atoms with Gasteiger partial charge in [0.1, 0.15) is 0 Å². The van der Waals surface area contributed by atoms with Crippen LogP contribution in [0.25, 0.3) is 0 Å². The highest BCUT2D eigenvalue weighted by Gasteiger charge is 2.26. The Balaban J connectivity index is 1.65. The normalized spacial score (nSPS) is 19.6. The van der Waals surface area contributed by atoms with E-state index >= 15 is 0 Å². The lowest BCUT2D eigenvalue weighted by molar-refractivity contribution is -0.122. The van der Waals surface area contributed by atoms with Crippen LogP contribution >= 0.6 is 0 Å². The average Bonchev–Trinajstić information content (AvgIpc) is 3.06. The Labute approximate surface area is 160 Å². The number of rotatable bonds is 7. The molecule has 1 aliphatic rings. The second kappa shape index (κ2) is 8.54. The van der Waals surface area contributed by atoms with Crippen molar-refractivity contribution in [1.29, 1.82) is 0 Å². The summed E-state index contributed by atoms with van der Waals surface area (Å²) in [5.41, 5.74) is 7.19. The van der Waals surface area contributed by atoms with E-state index in [1.54, 1.807) is 36.4 Å². The zero-order valence-electron chi connectivity index (χ0n) is 15.1. The van der Waals surface area contributed by atoms with Gasteiger partial charge in [-0.2, -0.15) is 0 Å². The molecule has 0 heterocycles. The fourth-order valence-corrected chi connectivity index (χ4v) is 4.52. The lowest BCUT2D eigenvalue weighted by Crippen LogP contribution is -2.31. The van der Waals surface area contributed by atoms with Crippen LogP contribution in [0.4, 0.5) is 5.69 Å². The molecular weight excluding hydrogens is 362 g/mol. The lowest BCUT2D eigenvalue weighted by Gasteiger charge is -2.16. The summed E-state index contributed by atoms with van der Waals surface area (Å²) in [7, 11) is -3.68. The first-order chi connectivity index (χ1) is 13.0. The van der Waals surface area contributed by atoms with Gasteiger partial charge < -0.3 is 11.1 Å². The molecule has 0 radical (unpaired) electrons. The van der Waals surface area contributed by atoms with Crippen molar-refractivity contribution in [1.82, 2.24) is 5.32 Å². The van der Waals surface area contributed by atoms with Gasteiger partial charge in [-0.15, -0.1) is 0 Å². The van der Waals surface area contributed by atoms with Crippen molar-refractivity contribution in [3.63, 3.8) is 0 Å². The molecule has 1 saturated carbocycles. The first kappa shape index (κ1) is 19.4. The third kappa shape index (κ3) is 5.08. The molecule has 2 atom stereocenters. The Hall–Kier alpha value is -2.38. The number of hydrogen-bond acceptors (Lipinski definition) is 4. The summed E-state index contributed by atoms with van der Waals surface area (Å²) >= 11 is 0. The van der Waals surface area contributed by atoms with Gasteiger partial charge in [-0.3, -0.25) is 9.52 Å². The number of carbonyl (C=O) groups excluding carboxylic acids is 1. The fraction of sp³-hybridized carbons (Fsp3) is 0.350. The van der Waals surface area contributed by atoms with Crippen molar-refractivity contribution in [2.24, 2.45) is 11.7 Å². The molecule has 3 rings (SSSR count). The molecule has 1 fully saturated rings. The predicted octanol–water partition coefficient (Wildman–Crippen LogP) is 2.62. The lowest BCUT2D eigenvalue weighted by atomic mass is 10.00. The van der Waals surface area contributed by atoms with Crippen LogP contribution in [0.3, 0.4) is 0 Å². The largest absolute Gasteiger partial charge is 0.352 e. The Morgan fingerprint density at radius 2 is 1.74 bits per heavy atom. The molecule has 27 heavy (non-hydrogen) atoms. The molecule has 6 nitrogen and oxygen atoms in total. The van der Waals surface area contributed by atoms with Crippen LogP contribution in [-0.2, 0) is 21.4 Å². The van der Waals surface area contributed by atoms with Crippen LogP contribution in [0.5, 0.6) is 0 Å². The van der Waals surface area contributed by atoms with E-state index in [4.69, 9.17) is 5.73 Å². The minimum atomic E-state index is -3.68. The van der Waals surface area contributed by atoms with Gasteiger partial charge in [0.15, 0.2) is 0 Å². The van der Waals surface area contributed by atoms with Gasteiger partial charge in [0, 0.05) is 19.0 Å². The second-order valence-electron chi connectivity index (χ2n) is 6.91. The maximum absolute atomic E-state index is 12.5. The SMILES string of the molecule is N[C@@H]1CCC[C@H]1CC(=O)NCc1ccccc1NS(=O)(=O)c1ccccc1. The Morgan fingerprint density at radius 1 is 1.04 bits per heavy atom. The Morgan fingerprint density at radius 3 is 2.44 bits per heavy atom. The highest BCUT2D eigenvalue weighted by atomic mass is 32.2. The summed E-state index contributed by atoms with van der Waals surface area (Å²) in [5, 5.41) is 2.88. The topological polar surface area (TPSA) is 101 Å². The van der Waals surface area contributed by atoms with Crippen LogP contribution in [0.2, 0.25) is 0 Å². The van der Waals surface area contributed by atoms with Crippen LogP contribution < -0.4 is 15.8 Å². The summed E-state index contributed by atoms with van der Waals surface area (Å²) in [6.07, 6.45) is 3.45. The maximum Gasteiger partial charge on any atom is 0.261 e. The van der Waals surface area contributed by atoms with Crippen LogP contribution in [-0.4, -0.2) is 20.4 Å². The van der Waals surface area contributed by atoms with Crippen molar-refractivity contribution in [2.75, 3.05) is 4.72 Å².